The molecule has 0 aliphatic carbocycles. The van der Waals surface area contributed by atoms with Crippen LogP contribution in [0, 0.1) is 0 Å². The molecule has 2 N–H and O–H groups in total. The van der Waals surface area contributed by atoms with Gasteiger partial charge in [0.05, 0.1) is 6.33 Å². The largest absolute Gasteiger partial charge is 0.489 e. The minimum Gasteiger partial charge on any atom is -0.489 e. The topological polar surface area (TPSA) is 67.4 Å². The van der Waals surface area contributed by atoms with Crippen molar-refractivity contribution < 1.29 is 31.9 Å². The van der Waals surface area contributed by atoms with Crippen LogP contribution in [0.3, 0.4) is 0 Å². The fourth-order valence-corrected chi connectivity index (χ4v) is 1.89. The third-order valence-corrected chi connectivity index (χ3v) is 3.07. The number of hydrogen-bond donors (Lipinski definition) is 2. The Hall–Kier alpha value is -2.58. The zero-order valence-corrected chi connectivity index (χ0v) is 11.7. The van der Waals surface area contributed by atoms with Crippen molar-refractivity contribution in [3.63, 3.8) is 0 Å². The Labute approximate surface area is 128 Å². The van der Waals surface area contributed by atoms with Crippen LogP contribution in [0.2, 0.25) is 0 Å². The molecule has 2 amide bonds. The maximum absolute atomic E-state index is 12.6. The summed E-state index contributed by atoms with van der Waals surface area (Å²) in [6.07, 6.45) is -4.95. The molecule has 1 aliphatic rings. The van der Waals surface area contributed by atoms with E-state index in [4.69, 9.17) is 4.74 Å². The standard InChI is InChI=1S/C14H12F4N2O3/c15-4-8(5-20-13(22)14(16,17)18)7-23-10-1-2-11-9(3-10)6-19-12(11)21/h1-4H,5-7H2,(H,19,21)(H,20,22)/b8-4-. The Morgan fingerprint density at radius 3 is 2.78 bits per heavy atom. The Kier molecular flexibility index (Phi) is 4.87. The first-order chi connectivity index (χ1) is 10.8. The Bertz CT molecular complexity index is 656. The summed E-state index contributed by atoms with van der Waals surface area (Å²) in [7, 11) is 0. The quantitative estimate of drug-likeness (QED) is 0.809. The van der Waals surface area contributed by atoms with Gasteiger partial charge in [0.15, 0.2) is 0 Å². The molecule has 124 valence electrons. The highest BCUT2D eigenvalue weighted by Gasteiger charge is 2.38. The number of benzene rings is 1. The van der Waals surface area contributed by atoms with Gasteiger partial charge in [0.2, 0.25) is 0 Å². The normalized spacial score (nSPS) is 14.3. The van der Waals surface area contributed by atoms with Crippen LogP contribution in [0.25, 0.3) is 0 Å². The molecule has 0 aromatic heterocycles. The predicted molar refractivity (Wildman–Crippen MR) is 71.4 cm³/mol. The molecule has 9 heteroatoms. The smallest absolute Gasteiger partial charge is 0.471 e. The third kappa shape index (κ3) is 4.21. The molecule has 0 bridgehead atoms. The van der Waals surface area contributed by atoms with Crippen LogP contribution in [0.5, 0.6) is 5.75 Å². The van der Waals surface area contributed by atoms with Gasteiger partial charge in [-0.2, -0.15) is 13.2 Å². The van der Waals surface area contributed by atoms with E-state index < -0.39 is 18.6 Å². The minimum absolute atomic E-state index is 0.0785. The number of carbonyl (C=O) groups excluding carboxylic acids is 2. The maximum Gasteiger partial charge on any atom is 0.471 e. The summed E-state index contributed by atoms with van der Waals surface area (Å²) < 4.78 is 54.0. The van der Waals surface area contributed by atoms with Crippen molar-refractivity contribution in [2.24, 2.45) is 0 Å². The number of alkyl halides is 3. The fourth-order valence-electron chi connectivity index (χ4n) is 1.89. The lowest BCUT2D eigenvalue weighted by atomic mass is 10.1. The molecule has 1 aromatic rings. The summed E-state index contributed by atoms with van der Waals surface area (Å²) in [4.78, 5) is 22.0. The molecule has 0 radical (unpaired) electrons. The number of hydrogen-bond acceptors (Lipinski definition) is 3. The molecule has 23 heavy (non-hydrogen) atoms. The van der Waals surface area contributed by atoms with Crippen LogP contribution in [0.4, 0.5) is 17.6 Å². The van der Waals surface area contributed by atoms with E-state index in [2.05, 4.69) is 5.32 Å². The Balaban J connectivity index is 1.89. The lowest BCUT2D eigenvalue weighted by Crippen LogP contribution is -2.38. The first-order valence-corrected chi connectivity index (χ1v) is 6.48. The first-order valence-electron chi connectivity index (χ1n) is 6.48. The molecular weight excluding hydrogens is 320 g/mol. The lowest BCUT2D eigenvalue weighted by Gasteiger charge is -2.11. The van der Waals surface area contributed by atoms with Gasteiger partial charge in [-0.3, -0.25) is 9.59 Å². The average molecular weight is 332 g/mol. The van der Waals surface area contributed by atoms with E-state index in [0.717, 1.165) is 0 Å². The van der Waals surface area contributed by atoms with Gasteiger partial charge in [0.25, 0.3) is 5.91 Å². The van der Waals surface area contributed by atoms with Crippen LogP contribution in [0.1, 0.15) is 15.9 Å². The van der Waals surface area contributed by atoms with E-state index in [1.807, 2.05) is 0 Å². The Morgan fingerprint density at radius 2 is 2.13 bits per heavy atom. The molecule has 1 aromatic carbocycles. The molecular formula is C14H12F4N2O3. The monoisotopic (exact) mass is 332 g/mol. The Morgan fingerprint density at radius 1 is 1.39 bits per heavy atom. The van der Waals surface area contributed by atoms with Crippen molar-refractivity contribution >= 4 is 11.8 Å². The van der Waals surface area contributed by atoms with Gasteiger partial charge in [0, 0.05) is 24.2 Å². The number of fused-ring (bicyclic) bond motifs is 1. The lowest BCUT2D eigenvalue weighted by molar-refractivity contribution is -0.173. The first kappa shape index (κ1) is 16.8. The van der Waals surface area contributed by atoms with Crippen molar-refractivity contribution in [1.82, 2.24) is 10.6 Å². The van der Waals surface area contributed by atoms with Gasteiger partial charge in [-0.15, -0.1) is 0 Å². The number of carbonyl (C=O) groups is 2. The van der Waals surface area contributed by atoms with Crippen LogP contribution in [-0.4, -0.2) is 31.1 Å². The molecule has 2 rings (SSSR count). The van der Waals surface area contributed by atoms with Gasteiger partial charge >= 0.3 is 12.1 Å². The summed E-state index contributed by atoms with van der Waals surface area (Å²) in [6.45, 7) is -0.618. The zero-order valence-electron chi connectivity index (χ0n) is 11.7. The molecule has 0 saturated heterocycles. The number of ether oxygens (including phenoxy) is 1. The molecule has 1 aliphatic heterocycles. The van der Waals surface area contributed by atoms with Crippen LogP contribution in [-0.2, 0) is 11.3 Å². The van der Waals surface area contributed by atoms with Crippen LogP contribution in [0.15, 0.2) is 30.1 Å². The van der Waals surface area contributed by atoms with Gasteiger partial charge < -0.3 is 15.4 Å². The summed E-state index contributed by atoms with van der Waals surface area (Å²) in [5, 5.41) is 4.17. The van der Waals surface area contributed by atoms with Crippen LogP contribution < -0.4 is 15.4 Å². The zero-order chi connectivity index (χ0) is 17.0. The van der Waals surface area contributed by atoms with Crippen molar-refractivity contribution in [2.75, 3.05) is 13.2 Å². The molecule has 1 heterocycles. The van der Waals surface area contributed by atoms with E-state index >= 15 is 0 Å². The number of nitrogens with one attached hydrogen (secondary N) is 2. The van der Waals surface area contributed by atoms with E-state index in [9.17, 15) is 27.2 Å². The average Bonchev–Trinajstić information content (AvgIpc) is 2.87. The highest BCUT2D eigenvalue weighted by atomic mass is 19.4. The van der Waals surface area contributed by atoms with E-state index in [-0.39, 0.29) is 24.4 Å². The molecule has 0 fully saturated rings. The molecule has 0 unspecified atom stereocenters. The SMILES string of the molecule is O=C1NCc2cc(OC/C(=C\F)CNC(=O)C(F)(F)F)ccc21. The van der Waals surface area contributed by atoms with Gasteiger partial charge in [-0.25, -0.2) is 4.39 Å². The second-order valence-electron chi connectivity index (χ2n) is 4.74. The summed E-state index contributed by atoms with van der Waals surface area (Å²) in [5.74, 6) is -2.02. The van der Waals surface area contributed by atoms with Crippen LogP contribution >= 0.6 is 0 Å². The van der Waals surface area contributed by atoms with Gasteiger partial charge in [-0.1, -0.05) is 0 Å². The number of rotatable bonds is 5. The van der Waals surface area contributed by atoms with Gasteiger partial charge in [-0.05, 0) is 23.8 Å². The van der Waals surface area contributed by atoms with E-state index in [1.54, 1.807) is 11.4 Å². The van der Waals surface area contributed by atoms with Crippen molar-refractivity contribution in [3.05, 3.63) is 41.2 Å². The number of amides is 2. The fraction of sp³-hybridized carbons (Fsp3) is 0.286. The highest BCUT2D eigenvalue weighted by Crippen LogP contribution is 2.22. The second kappa shape index (κ2) is 6.67. The van der Waals surface area contributed by atoms with Crippen molar-refractivity contribution in [2.45, 2.75) is 12.7 Å². The summed E-state index contributed by atoms with van der Waals surface area (Å²) >= 11 is 0. The third-order valence-electron chi connectivity index (χ3n) is 3.07. The van der Waals surface area contributed by atoms with Crippen molar-refractivity contribution in [3.8, 4) is 5.75 Å². The second-order valence-corrected chi connectivity index (χ2v) is 4.74. The maximum atomic E-state index is 12.6. The summed E-state index contributed by atoms with van der Waals surface area (Å²) in [5.41, 5.74) is 1.05. The highest BCUT2D eigenvalue weighted by molar-refractivity contribution is 5.98. The molecule has 0 saturated carbocycles. The summed E-state index contributed by atoms with van der Waals surface area (Å²) in [6, 6.07) is 4.61. The molecule has 0 atom stereocenters. The van der Waals surface area contributed by atoms with Crippen molar-refractivity contribution in [1.29, 1.82) is 0 Å². The minimum atomic E-state index is -5.03. The molecule has 5 nitrogen and oxygen atoms in total. The number of halogens is 4. The van der Waals surface area contributed by atoms with E-state index in [0.29, 0.717) is 23.4 Å². The van der Waals surface area contributed by atoms with E-state index in [1.165, 1.54) is 12.1 Å². The predicted octanol–water partition coefficient (Wildman–Crippen LogP) is 1.84. The van der Waals surface area contributed by atoms with Gasteiger partial charge in [0.1, 0.15) is 12.4 Å². The molecule has 0 spiro atoms.